The molecular formula is C25H31N5O3. The van der Waals surface area contributed by atoms with Gasteiger partial charge < -0.3 is 19.7 Å². The molecule has 8 heteroatoms. The minimum atomic E-state index is -0.313. The maximum absolute atomic E-state index is 12.4. The Balaban J connectivity index is 1.41. The highest BCUT2D eigenvalue weighted by molar-refractivity contribution is 5.99. The Morgan fingerprint density at radius 1 is 1.12 bits per heavy atom. The molecule has 0 atom stereocenters. The number of anilines is 1. The van der Waals surface area contributed by atoms with Crippen molar-refractivity contribution in [3.63, 3.8) is 0 Å². The zero-order chi connectivity index (χ0) is 23.0. The molecule has 0 unspecified atom stereocenters. The number of rotatable bonds is 8. The zero-order valence-corrected chi connectivity index (χ0v) is 19.2. The Hall–Kier alpha value is -3.39. The van der Waals surface area contributed by atoms with E-state index in [1.165, 1.54) is 11.9 Å². The number of fused-ring (bicyclic) bond motifs is 1. The number of nitrogens with zero attached hydrogens (tertiary/aromatic N) is 3. The van der Waals surface area contributed by atoms with Gasteiger partial charge in [-0.25, -0.2) is 14.8 Å². The van der Waals surface area contributed by atoms with Crippen LogP contribution in [0.15, 0.2) is 48.8 Å². The van der Waals surface area contributed by atoms with Gasteiger partial charge in [-0.1, -0.05) is 30.3 Å². The van der Waals surface area contributed by atoms with Gasteiger partial charge in [0.1, 0.15) is 12.1 Å². The lowest BCUT2D eigenvalue weighted by Crippen LogP contribution is -2.32. The number of ether oxygens (including phenoxy) is 2. The molecule has 1 aliphatic rings. The average molecular weight is 450 g/mol. The minimum absolute atomic E-state index is 0.313. The Morgan fingerprint density at radius 3 is 2.67 bits per heavy atom. The number of methoxy groups -OCH3 is 1. The third-order valence-electron chi connectivity index (χ3n) is 6.01. The van der Waals surface area contributed by atoms with E-state index in [0.717, 1.165) is 32.4 Å². The van der Waals surface area contributed by atoms with Crippen molar-refractivity contribution in [1.29, 1.82) is 0 Å². The molecule has 2 heterocycles. The van der Waals surface area contributed by atoms with Crippen LogP contribution in [0.4, 0.5) is 10.6 Å². The lowest BCUT2D eigenvalue weighted by Gasteiger charge is -2.28. The van der Waals surface area contributed by atoms with Crippen LogP contribution in [0.1, 0.15) is 18.4 Å². The summed E-state index contributed by atoms with van der Waals surface area (Å²) < 4.78 is 11.7. The number of carbonyl (C=O) groups is 1. The average Bonchev–Trinajstić information content (AvgIpc) is 2.84. The quantitative estimate of drug-likeness (QED) is 0.545. The van der Waals surface area contributed by atoms with Gasteiger partial charge in [0.05, 0.1) is 19.2 Å². The second kappa shape index (κ2) is 11.0. The Bertz CT molecular complexity index is 1070. The topological polar surface area (TPSA) is 88.6 Å². The molecule has 4 rings (SSSR count). The van der Waals surface area contributed by atoms with E-state index in [4.69, 9.17) is 9.47 Å². The summed E-state index contributed by atoms with van der Waals surface area (Å²) in [6.45, 7) is 3.37. The van der Waals surface area contributed by atoms with Crippen LogP contribution in [-0.2, 0) is 6.42 Å². The third-order valence-corrected chi connectivity index (χ3v) is 6.01. The molecule has 3 aromatic rings. The first-order chi connectivity index (χ1) is 16.1. The van der Waals surface area contributed by atoms with E-state index in [2.05, 4.69) is 32.5 Å². The van der Waals surface area contributed by atoms with Crippen molar-refractivity contribution in [3.8, 4) is 11.5 Å². The number of nitrogens with one attached hydrogen (secondary N) is 2. The van der Waals surface area contributed by atoms with E-state index in [1.807, 2.05) is 42.5 Å². The Kier molecular flexibility index (Phi) is 7.57. The summed E-state index contributed by atoms with van der Waals surface area (Å²) in [5.41, 5.74) is 1.85. The molecule has 1 aromatic heterocycles. The summed E-state index contributed by atoms with van der Waals surface area (Å²) in [7, 11) is 3.76. The van der Waals surface area contributed by atoms with Crippen molar-refractivity contribution in [3.05, 3.63) is 54.4 Å². The van der Waals surface area contributed by atoms with Gasteiger partial charge in [-0.2, -0.15) is 0 Å². The first-order valence-electron chi connectivity index (χ1n) is 11.3. The molecule has 0 radical (unpaired) electrons. The number of benzene rings is 2. The van der Waals surface area contributed by atoms with Crippen LogP contribution in [0, 0.1) is 5.92 Å². The molecule has 1 aliphatic heterocycles. The second-order valence-electron chi connectivity index (χ2n) is 8.42. The second-order valence-corrected chi connectivity index (χ2v) is 8.42. The van der Waals surface area contributed by atoms with Crippen LogP contribution in [-0.4, -0.2) is 61.3 Å². The van der Waals surface area contributed by atoms with Crippen LogP contribution < -0.4 is 20.1 Å². The van der Waals surface area contributed by atoms with E-state index < -0.39 is 0 Å². The highest BCUT2D eigenvalue weighted by Crippen LogP contribution is 2.34. The molecule has 2 aromatic carbocycles. The van der Waals surface area contributed by atoms with Gasteiger partial charge in [0.25, 0.3) is 0 Å². The van der Waals surface area contributed by atoms with Crippen molar-refractivity contribution in [2.24, 2.45) is 5.92 Å². The molecule has 8 nitrogen and oxygen atoms in total. The van der Waals surface area contributed by atoms with E-state index in [-0.39, 0.29) is 6.03 Å². The third kappa shape index (κ3) is 6.10. The lowest BCUT2D eigenvalue weighted by molar-refractivity contribution is 0.157. The number of hydrogen-bond acceptors (Lipinski definition) is 6. The fraction of sp³-hybridized carbons (Fsp3) is 0.400. The lowest BCUT2D eigenvalue weighted by atomic mass is 9.98. The van der Waals surface area contributed by atoms with Gasteiger partial charge in [-0.05, 0) is 56.9 Å². The molecule has 0 bridgehead atoms. The highest BCUT2D eigenvalue weighted by Gasteiger charge is 2.19. The summed E-state index contributed by atoms with van der Waals surface area (Å²) in [4.78, 5) is 23.4. The van der Waals surface area contributed by atoms with E-state index in [0.29, 0.717) is 47.3 Å². The fourth-order valence-corrected chi connectivity index (χ4v) is 3.99. The van der Waals surface area contributed by atoms with Crippen molar-refractivity contribution in [2.75, 3.05) is 45.7 Å². The van der Waals surface area contributed by atoms with Gasteiger partial charge in [0.15, 0.2) is 11.5 Å². The smallest absolute Gasteiger partial charge is 0.320 e. The summed E-state index contributed by atoms with van der Waals surface area (Å²) >= 11 is 0. The normalized spacial score (nSPS) is 14.7. The van der Waals surface area contributed by atoms with Crippen LogP contribution in [0.3, 0.4) is 0 Å². The molecular weight excluding hydrogens is 418 g/mol. The summed E-state index contributed by atoms with van der Waals surface area (Å²) in [6, 6.07) is 13.4. The maximum atomic E-state index is 12.4. The van der Waals surface area contributed by atoms with Gasteiger partial charge in [0, 0.05) is 18.0 Å². The predicted octanol–water partition coefficient (Wildman–Crippen LogP) is 3.72. The number of piperidine rings is 1. The maximum Gasteiger partial charge on any atom is 0.320 e. The fourth-order valence-electron chi connectivity index (χ4n) is 3.99. The summed E-state index contributed by atoms with van der Waals surface area (Å²) in [5, 5.41) is 6.40. The number of carbonyl (C=O) groups excluding carboxylic acids is 1. The molecule has 1 saturated heterocycles. The highest BCUT2D eigenvalue weighted by atomic mass is 16.5. The number of likely N-dealkylation sites (tertiary alicyclic amines) is 1. The van der Waals surface area contributed by atoms with Crippen molar-refractivity contribution in [1.82, 2.24) is 20.2 Å². The van der Waals surface area contributed by atoms with Gasteiger partial charge in [-0.3, -0.25) is 5.32 Å². The molecule has 2 N–H and O–H groups in total. The monoisotopic (exact) mass is 449 g/mol. The van der Waals surface area contributed by atoms with Crippen molar-refractivity contribution in [2.45, 2.75) is 19.3 Å². The molecule has 0 saturated carbocycles. The molecule has 174 valence electrons. The van der Waals surface area contributed by atoms with E-state index >= 15 is 0 Å². The summed E-state index contributed by atoms with van der Waals surface area (Å²) in [5.74, 6) is 2.21. The van der Waals surface area contributed by atoms with Crippen molar-refractivity contribution >= 4 is 22.8 Å². The Labute approximate surface area is 194 Å². The SMILES string of the molecule is COc1cc2c(NC(=O)NCCc3ccccc3)ncnc2cc1OCC1CCN(C)CC1. The van der Waals surface area contributed by atoms with E-state index in [9.17, 15) is 4.79 Å². The van der Waals surface area contributed by atoms with Gasteiger partial charge >= 0.3 is 6.03 Å². The number of aromatic nitrogens is 2. The first-order valence-corrected chi connectivity index (χ1v) is 11.3. The standard InChI is InChI=1S/C25H31N5O3/c1-30-12-9-19(10-13-30)16-33-23-15-21-20(14-22(23)32-2)24(28-17-27-21)29-25(31)26-11-8-18-6-4-3-5-7-18/h3-7,14-15,17,19H,8-13,16H2,1-2H3,(H2,26,27,28,29,31). The predicted molar refractivity (Wildman–Crippen MR) is 129 cm³/mol. The minimum Gasteiger partial charge on any atom is -0.493 e. The molecule has 2 amide bonds. The van der Waals surface area contributed by atoms with E-state index in [1.54, 1.807) is 7.11 Å². The number of hydrogen-bond donors (Lipinski definition) is 2. The molecule has 33 heavy (non-hydrogen) atoms. The van der Waals surface area contributed by atoms with Crippen molar-refractivity contribution < 1.29 is 14.3 Å². The molecule has 0 spiro atoms. The van der Waals surface area contributed by atoms with Gasteiger partial charge in [0.2, 0.25) is 0 Å². The number of urea groups is 1. The number of amides is 2. The first kappa shape index (κ1) is 22.8. The largest absolute Gasteiger partial charge is 0.493 e. The van der Waals surface area contributed by atoms with Crippen LogP contribution in [0.5, 0.6) is 11.5 Å². The molecule has 0 aliphatic carbocycles. The Morgan fingerprint density at radius 2 is 1.91 bits per heavy atom. The molecule has 1 fully saturated rings. The van der Waals surface area contributed by atoms with Gasteiger partial charge in [-0.15, -0.1) is 0 Å². The zero-order valence-electron chi connectivity index (χ0n) is 19.2. The summed E-state index contributed by atoms with van der Waals surface area (Å²) in [6.07, 6.45) is 4.45. The van der Waals surface area contributed by atoms with Crippen LogP contribution in [0.2, 0.25) is 0 Å². The van der Waals surface area contributed by atoms with Crippen LogP contribution in [0.25, 0.3) is 10.9 Å². The van der Waals surface area contributed by atoms with Crippen LogP contribution >= 0.6 is 0 Å².